The van der Waals surface area contributed by atoms with Crippen molar-refractivity contribution in [2.75, 3.05) is 16.8 Å². The molecule has 1 aliphatic heterocycles. The standard InChI is InChI=1S/C13H16FN3O2/c1-2-12(18)16-8-3-4-11(9(14)7-8)17-6-5-10(15)13(17)19/h3-4,7,10H,2,5-6,15H2,1H3,(H,16,18). The van der Waals surface area contributed by atoms with Crippen LogP contribution in [0.25, 0.3) is 0 Å². The average molecular weight is 265 g/mol. The summed E-state index contributed by atoms with van der Waals surface area (Å²) < 4.78 is 14.0. The first-order chi connectivity index (χ1) is 9.02. The van der Waals surface area contributed by atoms with Crippen molar-refractivity contribution in [1.29, 1.82) is 0 Å². The number of amides is 2. The molecule has 2 rings (SSSR count). The van der Waals surface area contributed by atoms with Crippen molar-refractivity contribution in [1.82, 2.24) is 0 Å². The molecule has 1 fully saturated rings. The predicted octanol–water partition coefficient (Wildman–Crippen LogP) is 1.24. The molecule has 102 valence electrons. The van der Waals surface area contributed by atoms with Crippen molar-refractivity contribution < 1.29 is 14.0 Å². The largest absolute Gasteiger partial charge is 0.326 e. The van der Waals surface area contributed by atoms with E-state index < -0.39 is 11.9 Å². The SMILES string of the molecule is CCC(=O)Nc1ccc(N2CCC(N)C2=O)c(F)c1. The van der Waals surface area contributed by atoms with Gasteiger partial charge >= 0.3 is 0 Å². The number of nitrogens with zero attached hydrogens (tertiary/aromatic N) is 1. The van der Waals surface area contributed by atoms with Gasteiger partial charge in [-0.05, 0) is 24.6 Å². The molecule has 1 aromatic carbocycles. The van der Waals surface area contributed by atoms with Crippen molar-refractivity contribution in [3.8, 4) is 0 Å². The summed E-state index contributed by atoms with van der Waals surface area (Å²) in [7, 11) is 0. The Kier molecular flexibility index (Phi) is 3.80. The molecule has 5 nitrogen and oxygen atoms in total. The molecular weight excluding hydrogens is 249 g/mol. The third kappa shape index (κ3) is 2.73. The maximum absolute atomic E-state index is 14.0. The van der Waals surface area contributed by atoms with E-state index in [1.807, 2.05) is 0 Å². The first-order valence-corrected chi connectivity index (χ1v) is 6.19. The molecule has 2 amide bonds. The Hall–Kier alpha value is -1.95. The number of carbonyl (C=O) groups is 2. The number of halogens is 1. The van der Waals surface area contributed by atoms with E-state index in [-0.39, 0.29) is 17.5 Å². The molecule has 1 heterocycles. The Morgan fingerprint density at radius 2 is 2.32 bits per heavy atom. The molecule has 3 N–H and O–H groups in total. The van der Waals surface area contributed by atoms with Gasteiger partial charge in [-0.2, -0.15) is 0 Å². The van der Waals surface area contributed by atoms with Gasteiger partial charge in [-0.25, -0.2) is 4.39 Å². The molecule has 1 atom stereocenters. The summed E-state index contributed by atoms with van der Waals surface area (Å²) in [5.74, 6) is -1.01. The van der Waals surface area contributed by atoms with Crippen molar-refractivity contribution in [2.45, 2.75) is 25.8 Å². The lowest BCUT2D eigenvalue weighted by Gasteiger charge is -2.17. The molecular formula is C13H16FN3O2. The van der Waals surface area contributed by atoms with Gasteiger partial charge in [0, 0.05) is 18.7 Å². The molecule has 0 spiro atoms. The van der Waals surface area contributed by atoms with Gasteiger partial charge in [0.15, 0.2) is 0 Å². The van der Waals surface area contributed by atoms with Gasteiger partial charge in [-0.3, -0.25) is 9.59 Å². The number of hydrogen-bond acceptors (Lipinski definition) is 3. The van der Waals surface area contributed by atoms with Crippen LogP contribution in [0.4, 0.5) is 15.8 Å². The fraction of sp³-hybridized carbons (Fsp3) is 0.385. The van der Waals surface area contributed by atoms with E-state index in [1.54, 1.807) is 13.0 Å². The maximum atomic E-state index is 14.0. The van der Waals surface area contributed by atoms with E-state index >= 15 is 0 Å². The number of hydrogen-bond donors (Lipinski definition) is 2. The van der Waals surface area contributed by atoms with Gasteiger partial charge in [0.05, 0.1) is 11.7 Å². The van der Waals surface area contributed by atoms with Crippen LogP contribution in [0.15, 0.2) is 18.2 Å². The van der Waals surface area contributed by atoms with E-state index in [0.29, 0.717) is 25.1 Å². The number of rotatable bonds is 3. The van der Waals surface area contributed by atoms with Crippen LogP contribution in [0, 0.1) is 5.82 Å². The van der Waals surface area contributed by atoms with E-state index in [0.717, 1.165) is 0 Å². The third-order valence-corrected chi connectivity index (χ3v) is 3.09. The van der Waals surface area contributed by atoms with Crippen LogP contribution in [0.3, 0.4) is 0 Å². The van der Waals surface area contributed by atoms with Gasteiger partial charge in [-0.15, -0.1) is 0 Å². The summed E-state index contributed by atoms with van der Waals surface area (Å²) in [6.45, 7) is 2.13. The zero-order valence-corrected chi connectivity index (χ0v) is 10.6. The zero-order valence-electron chi connectivity index (χ0n) is 10.6. The van der Waals surface area contributed by atoms with Gasteiger partial charge in [0.1, 0.15) is 5.82 Å². The monoisotopic (exact) mass is 265 g/mol. The van der Waals surface area contributed by atoms with Gasteiger partial charge < -0.3 is 16.0 Å². The lowest BCUT2D eigenvalue weighted by molar-refractivity contribution is -0.118. The minimum atomic E-state index is -0.557. The Morgan fingerprint density at radius 3 is 2.84 bits per heavy atom. The van der Waals surface area contributed by atoms with Crippen molar-refractivity contribution in [3.63, 3.8) is 0 Å². The highest BCUT2D eigenvalue weighted by atomic mass is 19.1. The summed E-state index contributed by atoms with van der Waals surface area (Å²) >= 11 is 0. The Labute approximate surface area is 110 Å². The van der Waals surface area contributed by atoms with Crippen molar-refractivity contribution in [3.05, 3.63) is 24.0 Å². The molecule has 0 aromatic heterocycles. The minimum absolute atomic E-state index is 0.188. The molecule has 0 aliphatic carbocycles. The quantitative estimate of drug-likeness (QED) is 0.863. The molecule has 0 radical (unpaired) electrons. The number of anilines is 2. The maximum Gasteiger partial charge on any atom is 0.244 e. The van der Waals surface area contributed by atoms with Crippen LogP contribution in [0.2, 0.25) is 0 Å². The Morgan fingerprint density at radius 1 is 1.58 bits per heavy atom. The highest BCUT2D eigenvalue weighted by molar-refractivity contribution is 5.99. The minimum Gasteiger partial charge on any atom is -0.326 e. The summed E-state index contributed by atoms with van der Waals surface area (Å²) in [5.41, 5.74) is 6.18. The molecule has 19 heavy (non-hydrogen) atoms. The normalized spacial score (nSPS) is 18.8. The summed E-state index contributed by atoms with van der Waals surface area (Å²) in [4.78, 5) is 24.3. The number of benzene rings is 1. The molecule has 1 unspecified atom stereocenters. The van der Waals surface area contributed by atoms with Crippen molar-refractivity contribution in [2.24, 2.45) is 5.73 Å². The summed E-state index contributed by atoms with van der Waals surface area (Å²) in [6.07, 6.45) is 0.843. The van der Waals surface area contributed by atoms with Crippen LogP contribution in [0.5, 0.6) is 0 Å². The highest BCUT2D eigenvalue weighted by Crippen LogP contribution is 2.26. The summed E-state index contributed by atoms with van der Waals surface area (Å²) in [5, 5.41) is 2.56. The van der Waals surface area contributed by atoms with E-state index in [1.165, 1.54) is 17.0 Å². The molecule has 1 aliphatic rings. The Balaban J connectivity index is 2.20. The second-order valence-corrected chi connectivity index (χ2v) is 4.45. The average Bonchev–Trinajstić information content (AvgIpc) is 2.70. The predicted molar refractivity (Wildman–Crippen MR) is 70.3 cm³/mol. The van der Waals surface area contributed by atoms with Crippen LogP contribution >= 0.6 is 0 Å². The first-order valence-electron chi connectivity index (χ1n) is 6.19. The van der Waals surface area contributed by atoms with Crippen LogP contribution in [-0.2, 0) is 9.59 Å². The smallest absolute Gasteiger partial charge is 0.244 e. The lowest BCUT2D eigenvalue weighted by atomic mass is 10.2. The van der Waals surface area contributed by atoms with E-state index in [2.05, 4.69) is 5.32 Å². The molecule has 1 saturated heterocycles. The number of nitrogens with two attached hydrogens (primary N) is 1. The van der Waals surface area contributed by atoms with Crippen LogP contribution in [-0.4, -0.2) is 24.4 Å². The second-order valence-electron chi connectivity index (χ2n) is 4.45. The lowest BCUT2D eigenvalue weighted by Crippen LogP contribution is -2.34. The molecule has 1 aromatic rings. The first kappa shape index (κ1) is 13.5. The van der Waals surface area contributed by atoms with Crippen LogP contribution < -0.4 is 16.0 Å². The topological polar surface area (TPSA) is 75.4 Å². The van der Waals surface area contributed by atoms with E-state index in [4.69, 9.17) is 5.73 Å². The third-order valence-electron chi connectivity index (χ3n) is 3.09. The van der Waals surface area contributed by atoms with Crippen molar-refractivity contribution >= 4 is 23.2 Å². The number of carbonyl (C=O) groups excluding carboxylic acids is 2. The highest BCUT2D eigenvalue weighted by Gasteiger charge is 2.31. The Bertz CT molecular complexity index is 519. The van der Waals surface area contributed by atoms with E-state index in [9.17, 15) is 14.0 Å². The summed E-state index contributed by atoms with van der Waals surface area (Å²) in [6, 6.07) is 3.71. The van der Waals surface area contributed by atoms with Crippen LogP contribution in [0.1, 0.15) is 19.8 Å². The zero-order chi connectivity index (χ0) is 14.0. The molecule has 0 saturated carbocycles. The molecule has 0 bridgehead atoms. The van der Waals surface area contributed by atoms with Gasteiger partial charge in [-0.1, -0.05) is 6.92 Å². The second kappa shape index (κ2) is 5.36. The number of nitrogens with one attached hydrogen (secondary N) is 1. The van der Waals surface area contributed by atoms with Gasteiger partial charge in [0.2, 0.25) is 11.8 Å². The molecule has 6 heteroatoms. The fourth-order valence-corrected chi connectivity index (χ4v) is 1.99. The van der Waals surface area contributed by atoms with Gasteiger partial charge in [0.25, 0.3) is 0 Å². The fourth-order valence-electron chi connectivity index (χ4n) is 1.99.